The molecule has 0 unspecified atom stereocenters. The predicted molar refractivity (Wildman–Crippen MR) is 77.6 cm³/mol. The lowest BCUT2D eigenvalue weighted by Gasteiger charge is -2.08. The van der Waals surface area contributed by atoms with E-state index in [1.165, 1.54) is 12.1 Å². The van der Waals surface area contributed by atoms with Crippen molar-refractivity contribution in [2.75, 3.05) is 5.32 Å². The van der Waals surface area contributed by atoms with Crippen LogP contribution < -0.4 is 5.32 Å². The molecule has 1 aromatic heterocycles. The molecule has 108 valence electrons. The molecule has 0 saturated carbocycles. The fraction of sp³-hybridized carbons (Fsp3) is 0. The molecule has 0 fully saturated rings. The van der Waals surface area contributed by atoms with Crippen molar-refractivity contribution >= 4 is 46.4 Å². The lowest BCUT2D eigenvalue weighted by molar-refractivity contribution is -0.384. The number of pyridine rings is 1. The first-order chi connectivity index (χ1) is 9.88. The lowest BCUT2D eigenvalue weighted by Crippen LogP contribution is -2.04. The molecule has 0 amide bonds. The second-order valence-electron chi connectivity index (χ2n) is 3.90. The van der Waals surface area contributed by atoms with Crippen LogP contribution in [0.15, 0.2) is 30.5 Å². The second-order valence-corrected chi connectivity index (χ2v) is 4.75. The molecule has 2 aromatic rings. The summed E-state index contributed by atoms with van der Waals surface area (Å²) in [7, 11) is 0. The average Bonchev–Trinajstić information content (AvgIpc) is 2.41. The number of carbonyl (C=O) groups is 1. The van der Waals surface area contributed by atoms with Crippen LogP contribution in [0.2, 0.25) is 10.0 Å². The van der Waals surface area contributed by atoms with Crippen molar-refractivity contribution in [3.63, 3.8) is 0 Å². The van der Waals surface area contributed by atoms with Crippen LogP contribution in [0.25, 0.3) is 0 Å². The maximum absolute atomic E-state index is 11.0. The van der Waals surface area contributed by atoms with Gasteiger partial charge in [0, 0.05) is 17.3 Å². The standard InChI is InChI=1S/C12H7Cl2N3O4/c13-7-1-2-9(8(14)4-7)16-11-10(17(20)21)3-6(5-15-11)12(18)19/h1-5H,(H,15,16)(H,18,19). The molecule has 0 aliphatic heterocycles. The molecule has 9 heteroatoms. The zero-order valence-electron chi connectivity index (χ0n) is 10.2. The number of aromatic carboxylic acids is 1. The minimum absolute atomic E-state index is 0.116. The smallest absolute Gasteiger partial charge is 0.337 e. The average molecular weight is 328 g/mol. The van der Waals surface area contributed by atoms with E-state index in [1.807, 2.05) is 0 Å². The molecule has 0 atom stereocenters. The second kappa shape index (κ2) is 5.94. The van der Waals surface area contributed by atoms with Crippen molar-refractivity contribution in [3.8, 4) is 0 Å². The Morgan fingerprint density at radius 3 is 2.62 bits per heavy atom. The van der Waals surface area contributed by atoms with E-state index in [0.29, 0.717) is 10.7 Å². The number of benzene rings is 1. The number of rotatable bonds is 4. The number of nitrogens with one attached hydrogen (secondary N) is 1. The maximum atomic E-state index is 11.0. The zero-order valence-corrected chi connectivity index (χ0v) is 11.7. The topological polar surface area (TPSA) is 105 Å². The normalized spacial score (nSPS) is 10.2. The Morgan fingerprint density at radius 2 is 2.05 bits per heavy atom. The summed E-state index contributed by atoms with van der Waals surface area (Å²) in [5, 5.41) is 23.2. The lowest BCUT2D eigenvalue weighted by atomic mass is 10.2. The van der Waals surface area contributed by atoms with Crippen LogP contribution in [-0.2, 0) is 0 Å². The Balaban J connectivity index is 2.44. The quantitative estimate of drug-likeness (QED) is 0.654. The summed E-state index contributed by atoms with van der Waals surface area (Å²) in [6.07, 6.45) is 1.02. The molecular formula is C12H7Cl2N3O4. The van der Waals surface area contributed by atoms with Crippen LogP contribution in [0.5, 0.6) is 0 Å². The summed E-state index contributed by atoms with van der Waals surface area (Å²) < 4.78 is 0. The van der Waals surface area contributed by atoms with Crippen LogP contribution in [0.3, 0.4) is 0 Å². The van der Waals surface area contributed by atoms with Gasteiger partial charge in [-0.25, -0.2) is 9.78 Å². The van der Waals surface area contributed by atoms with Crippen LogP contribution >= 0.6 is 23.2 Å². The minimum Gasteiger partial charge on any atom is -0.478 e. The van der Waals surface area contributed by atoms with Crippen molar-refractivity contribution < 1.29 is 14.8 Å². The highest BCUT2D eigenvalue weighted by atomic mass is 35.5. The zero-order chi connectivity index (χ0) is 15.6. The van der Waals surface area contributed by atoms with Crippen LogP contribution in [-0.4, -0.2) is 21.0 Å². The Kier molecular flexibility index (Phi) is 4.25. The van der Waals surface area contributed by atoms with Crippen molar-refractivity contribution in [1.82, 2.24) is 4.98 Å². The van der Waals surface area contributed by atoms with E-state index in [2.05, 4.69) is 10.3 Å². The molecular weight excluding hydrogens is 321 g/mol. The molecule has 0 radical (unpaired) electrons. The molecule has 21 heavy (non-hydrogen) atoms. The summed E-state index contributed by atoms with van der Waals surface area (Å²) in [6, 6.07) is 5.46. The number of aromatic nitrogens is 1. The monoisotopic (exact) mass is 327 g/mol. The number of carboxylic acids is 1. The highest BCUT2D eigenvalue weighted by molar-refractivity contribution is 6.36. The number of hydrogen-bond acceptors (Lipinski definition) is 5. The number of anilines is 2. The van der Waals surface area contributed by atoms with Crippen LogP contribution in [0, 0.1) is 10.1 Å². The number of nitro groups is 1. The third kappa shape index (κ3) is 3.39. The van der Waals surface area contributed by atoms with Crippen molar-refractivity contribution in [3.05, 3.63) is 56.2 Å². The molecule has 7 nitrogen and oxygen atoms in total. The highest BCUT2D eigenvalue weighted by Crippen LogP contribution is 2.31. The number of nitrogens with zero attached hydrogens (tertiary/aromatic N) is 2. The van der Waals surface area contributed by atoms with Gasteiger partial charge in [-0.05, 0) is 18.2 Å². The highest BCUT2D eigenvalue weighted by Gasteiger charge is 2.19. The van der Waals surface area contributed by atoms with Gasteiger partial charge in [-0.1, -0.05) is 23.2 Å². The molecule has 0 saturated heterocycles. The summed E-state index contributed by atoms with van der Waals surface area (Å²) in [5.74, 6) is -1.42. The SMILES string of the molecule is O=C(O)c1cnc(Nc2ccc(Cl)cc2Cl)c([N+](=O)[O-])c1. The molecule has 0 bridgehead atoms. The predicted octanol–water partition coefficient (Wildman–Crippen LogP) is 3.74. The van der Waals surface area contributed by atoms with Crippen molar-refractivity contribution in [2.24, 2.45) is 0 Å². The van der Waals surface area contributed by atoms with E-state index in [-0.39, 0.29) is 16.4 Å². The van der Waals surface area contributed by atoms with Crippen molar-refractivity contribution in [2.45, 2.75) is 0 Å². The Hall–Kier alpha value is -2.38. The maximum Gasteiger partial charge on any atom is 0.337 e. The first kappa shape index (κ1) is 15.0. The van der Waals surface area contributed by atoms with Gasteiger partial charge < -0.3 is 10.4 Å². The van der Waals surface area contributed by atoms with E-state index in [0.717, 1.165) is 12.3 Å². The third-order valence-electron chi connectivity index (χ3n) is 2.50. The molecule has 1 aromatic carbocycles. The van der Waals surface area contributed by atoms with Gasteiger partial charge in [-0.15, -0.1) is 0 Å². The van der Waals surface area contributed by atoms with Gasteiger partial charge in [0.05, 0.1) is 21.2 Å². The summed E-state index contributed by atoms with van der Waals surface area (Å²) in [4.78, 5) is 24.8. The fourth-order valence-corrected chi connectivity index (χ4v) is 1.98. The number of halogens is 2. The first-order valence-corrected chi connectivity index (χ1v) is 6.24. The van der Waals surface area contributed by atoms with Gasteiger partial charge >= 0.3 is 11.7 Å². The van der Waals surface area contributed by atoms with Gasteiger partial charge in [0.25, 0.3) is 0 Å². The largest absolute Gasteiger partial charge is 0.478 e. The van der Waals surface area contributed by atoms with Gasteiger partial charge in [-0.3, -0.25) is 10.1 Å². The summed E-state index contributed by atoms with van der Waals surface area (Å²) in [5.41, 5.74) is -0.393. The van der Waals surface area contributed by atoms with E-state index in [4.69, 9.17) is 28.3 Å². The number of hydrogen-bond donors (Lipinski definition) is 2. The van der Waals surface area contributed by atoms with E-state index in [9.17, 15) is 14.9 Å². The summed E-state index contributed by atoms with van der Waals surface area (Å²) in [6.45, 7) is 0. The Bertz CT molecular complexity index is 736. The summed E-state index contributed by atoms with van der Waals surface area (Å²) >= 11 is 11.7. The van der Waals surface area contributed by atoms with Crippen LogP contribution in [0.1, 0.15) is 10.4 Å². The molecule has 2 N–H and O–H groups in total. The molecule has 0 aliphatic carbocycles. The van der Waals surface area contributed by atoms with Crippen molar-refractivity contribution in [1.29, 1.82) is 0 Å². The Morgan fingerprint density at radius 1 is 1.33 bits per heavy atom. The van der Waals surface area contributed by atoms with Gasteiger partial charge in [0.1, 0.15) is 0 Å². The molecule has 1 heterocycles. The van der Waals surface area contributed by atoms with Gasteiger partial charge in [-0.2, -0.15) is 0 Å². The molecule has 0 aliphatic rings. The number of carboxylic acid groups (broad SMARTS) is 1. The van der Waals surface area contributed by atoms with E-state index >= 15 is 0 Å². The molecule has 0 spiro atoms. The Labute approximate surface area is 128 Å². The van der Waals surface area contributed by atoms with Crippen LogP contribution in [0.4, 0.5) is 17.2 Å². The van der Waals surface area contributed by atoms with E-state index < -0.39 is 16.6 Å². The first-order valence-electron chi connectivity index (χ1n) is 5.48. The minimum atomic E-state index is -1.30. The van der Waals surface area contributed by atoms with E-state index in [1.54, 1.807) is 6.07 Å². The van der Waals surface area contributed by atoms with Gasteiger partial charge in [0.2, 0.25) is 5.82 Å². The third-order valence-corrected chi connectivity index (χ3v) is 3.04. The van der Waals surface area contributed by atoms with Gasteiger partial charge in [0.15, 0.2) is 0 Å². The fourth-order valence-electron chi connectivity index (χ4n) is 1.52. The molecule has 2 rings (SSSR count).